The predicted molar refractivity (Wildman–Crippen MR) is 71.9 cm³/mol. The SMILES string of the molecule is COc1ccccc1C(NCC1CCCO1)C(N)=O. The normalized spacial score (nSPS) is 20.2. The summed E-state index contributed by atoms with van der Waals surface area (Å²) < 4.78 is 10.8. The van der Waals surface area contributed by atoms with Crippen LogP contribution < -0.4 is 15.8 Å². The summed E-state index contributed by atoms with van der Waals surface area (Å²) in [6.45, 7) is 1.41. The van der Waals surface area contributed by atoms with E-state index < -0.39 is 11.9 Å². The minimum absolute atomic E-state index is 0.163. The topological polar surface area (TPSA) is 73.6 Å². The second kappa shape index (κ2) is 6.54. The van der Waals surface area contributed by atoms with Crippen molar-refractivity contribution in [2.45, 2.75) is 25.0 Å². The van der Waals surface area contributed by atoms with Crippen LogP contribution >= 0.6 is 0 Å². The van der Waals surface area contributed by atoms with E-state index in [1.165, 1.54) is 0 Å². The van der Waals surface area contributed by atoms with Crippen molar-refractivity contribution in [3.05, 3.63) is 29.8 Å². The van der Waals surface area contributed by atoms with Crippen molar-refractivity contribution >= 4 is 5.91 Å². The molecule has 1 fully saturated rings. The Morgan fingerprint density at radius 3 is 3.00 bits per heavy atom. The molecule has 104 valence electrons. The van der Waals surface area contributed by atoms with Gasteiger partial charge in [-0.2, -0.15) is 0 Å². The van der Waals surface area contributed by atoms with Gasteiger partial charge in [0.25, 0.3) is 0 Å². The van der Waals surface area contributed by atoms with Crippen molar-refractivity contribution in [1.82, 2.24) is 5.32 Å². The molecule has 3 N–H and O–H groups in total. The van der Waals surface area contributed by atoms with Gasteiger partial charge in [-0.25, -0.2) is 0 Å². The average molecular weight is 264 g/mol. The zero-order valence-electron chi connectivity index (χ0n) is 11.1. The van der Waals surface area contributed by atoms with E-state index in [2.05, 4.69) is 5.32 Å². The fourth-order valence-electron chi connectivity index (χ4n) is 2.32. The Hall–Kier alpha value is -1.59. The molecule has 1 aliphatic rings. The van der Waals surface area contributed by atoms with E-state index in [9.17, 15) is 4.79 Å². The number of nitrogens with two attached hydrogens (primary N) is 1. The van der Waals surface area contributed by atoms with Crippen molar-refractivity contribution < 1.29 is 14.3 Å². The molecule has 2 atom stereocenters. The molecule has 0 spiro atoms. The molecule has 0 saturated carbocycles. The first-order valence-corrected chi connectivity index (χ1v) is 6.49. The molecule has 0 radical (unpaired) electrons. The minimum Gasteiger partial charge on any atom is -0.496 e. The lowest BCUT2D eigenvalue weighted by Gasteiger charge is -2.20. The van der Waals surface area contributed by atoms with Crippen LogP contribution in [0, 0.1) is 0 Å². The standard InChI is InChI=1S/C14H20N2O3/c1-18-12-7-3-2-6-11(12)13(14(15)17)16-9-10-5-4-8-19-10/h2-3,6-7,10,13,16H,4-5,8-9H2,1H3,(H2,15,17). The van der Waals surface area contributed by atoms with E-state index in [-0.39, 0.29) is 6.10 Å². The Bertz CT molecular complexity index is 430. The van der Waals surface area contributed by atoms with Crippen LogP contribution in [0.4, 0.5) is 0 Å². The van der Waals surface area contributed by atoms with Gasteiger partial charge in [0.2, 0.25) is 5.91 Å². The Kier molecular flexibility index (Phi) is 4.76. The highest BCUT2D eigenvalue weighted by atomic mass is 16.5. The average Bonchev–Trinajstić information content (AvgIpc) is 2.92. The molecule has 2 rings (SSSR count). The number of para-hydroxylation sites is 1. The Labute approximate surface area is 113 Å². The van der Waals surface area contributed by atoms with Crippen LogP contribution in [0.5, 0.6) is 5.75 Å². The molecular weight excluding hydrogens is 244 g/mol. The smallest absolute Gasteiger partial charge is 0.239 e. The van der Waals surface area contributed by atoms with Crippen LogP contribution in [0.25, 0.3) is 0 Å². The Morgan fingerprint density at radius 2 is 2.37 bits per heavy atom. The van der Waals surface area contributed by atoms with E-state index in [0.29, 0.717) is 12.3 Å². The summed E-state index contributed by atoms with van der Waals surface area (Å²) in [7, 11) is 1.58. The van der Waals surface area contributed by atoms with Crippen LogP contribution in [0.1, 0.15) is 24.4 Å². The molecule has 1 aromatic carbocycles. The van der Waals surface area contributed by atoms with Crippen molar-refractivity contribution in [3.63, 3.8) is 0 Å². The van der Waals surface area contributed by atoms with Crippen molar-refractivity contribution in [2.75, 3.05) is 20.3 Å². The summed E-state index contributed by atoms with van der Waals surface area (Å²) in [6.07, 6.45) is 2.25. The maximum Gasteiger partial charge on any atom is 0.239 e. The number of benzene rings is 1. The lowest BCUT2D eigenvalue weighted by Crippen LogP contribution is -2.38. The summed E-state index contributed by atoms with van der Waals surface area (Å²) in [6, 6.07) is 6.83. The monoisotopic (exact) mass is 264 g/mol. The molecule has 1 aliphatic heterocycles. The molecule has 1 amide bonds. The number of hydrogen-bond donors (Lipinski definition) is 2. The number of ether oxygens (including phenoxy) is 2. The second-order valence-electron chi connectivity index (χ2n) is 4.62. The molecule has 19 heavy (non-hydrogen) atoms. The van der Waals surface area contributed by atoms with E-state index in [4.69, 9.17) is 15.2 Å². The zero-order chi connectivity index (χ0) is 13.7. The number of hydrogen-bond acceptors (Lipinski definition) is 4. The van der Waals surface area contributed by atoms with E-state index in [1.54, 1.807) is 7.11 Å². The summed E-state index contributed by atoms with van der Waals surface area (Å²) in [5, 5.41) is 3.17. The number of methoxy groups -OCH3 is 1. The maximum absolute atomic E-state index is 11.6. The van der Waals surface area contributed by atoms with Gasteiger partial charge in [0.05, 0.1) is 13.2 Å². The highest BCUT2D eigenvalue weighted by Crippen LogP contribution is 2.25. The molecule has 2 unspecified atom stereocenters. The molecule has 1 saturated heterocycles. The maximum atomic E-state index is 11.6. The van der Waals surface area contributed by atoms with Crippen LogP contribution in [0.3, 0.4) is 0 Å². The highest BCUT2D eigenvalue weighted by Gasteiger charge is 2.23. The first-order chi connectivity index (χ1) is 9.22. The third-order valence-electron chi connectivity index (χ3n) is 3.31. The van der Waals surface area contributed by atoms with Gasteiger partial charge in [0.15, 0.2) is 0 Å². The third-order valence-corrected chi connectivity index (χ3v) is 3.31. The van der Waals surface area contributed by atoms with Gasteiger partial charge in [-0.1, -0.05) is 18.2 Å². The van der Waals surface area contributed by atoms with Crippen molar-refractivity contribution in [3.8, 4) is 5.75 Å². The number of carbonyl (C=O) groups is 1. The number of carbonyl (C=O) groups excluding carboxylic acids is 1. The molecule has 1 aromatic rings. The molecule has 0 aromatic heterocycles. The molecule has 5 nitrogen and oxygen atoms in total. The molecule has 0 aliphatic carbocycles. The fourth-order valence-corrected chi connectivity index (χ4v) is 2.32. The van der Waals surface area contributed by atoms with Gasteiger partial charge in [-0.15, -0.1) is 0 Å². The quantitative estimate of drug-likeness (QED) is 0.803. The number of nitrogens with one attached hydrogen (secondary N) is 1. The van der Waals surface area contributed by atoms with E-state index >= 15 is 0 Å². The summed E-state index contributed by atoms with van der Waals surface area (Å²) in [5.74, 6) is 0.244. The summed E-state index contributed by atoms with van der Waals surface area (Å²) >= 11 is 0. The van der Waals surface area contributed by atoms with Crippen LogP contribution in [0.15, 0.2) is 24.3 Å². The van der Waals surface area contributed by atoms with Crippen LogP contribution in [-0.2, 0) is 9.53 Å². The van der Waals surface area contributed by atoms with E-state index in [1.807, 2.05) is 24.3 Å². The largest absolute Gasteiger partial charge is 0.496 e. The number of rotatable bonds is 6. The molecule has 0 bridgehead atoms. The van der Waals surface area contributed by atoms with Gasteiger partial charge in [0.1, 0.15) is 11.8 Å². The number of primary amides is 1. The number of amides is 1. The van der Waals surface area contributed by atoms with Crippen LogP contribution in [0.2, 0.25) is 0 Å². The van der Waals surface area contributed by atoms with Crippen molar-refractivity contribution in [2.24, 2.45) is 5.73 Å². The van der Waals surface area contributed by atoms with Crippen molar-refractivity contribution in [1.29, 1.82) is 0 Å². The third kappa shape index (κ3) is 3.45. The second-order valence-corrected chi connectivity index (χ2v) is 4.62. The van der Waals surface area contributed by atoms with Gasteiger partial charge in [-0.05, 0) is 18.9 Å². The minimum atomic E-state index is -0.555. The molecular formula is C14H20N2O3. The van der Waals surface area contributed by atoms with Gasteiger partial charge in [-0.3, -0.25) is 10.1 Å². The van der Waals surface area contributed by atoms with E-state index in [0.717, 1.165) is 25.0 Å². The first kappa shape index (κ1) is 13.8. The lowest BCUT2D eigenvalue weighted by atomic mass is 10.0. The van der Waals surface area contributed by atoms with Gasteiger partial charge < -0.3 is 15.2 Å². The Balaban J connectivity index is 2.08. The summed E-state index contributed by atoms with van der Waals surface area (Å²) in [4.78, 5) is 11.6. The highest BCUT2D eigenvalue weighted by molar-refractivity contribution is 5.82. The first-order valence-electron chi connectivity index (χ1n) is 6.49. The summed E-state index contributed by atoms with van der Waals surface area (Å²) in [5.41, 5.74) is 6.24. The lowest BCUT2D eigenvalue weighted by molar-refractivity contribution is -0.120. The zero-order valence-corrected chi connectivity index (χ0v) is 11.1. The molecule has 5 heteroatoms. The fraction of sp³-hybridized carbons (Fsp3) is 0.500. The van der Waals surface area contributed by atoms with Gasteiger partial charge in [0, 0.05) is 18.7 Å². The predicted octanol–water partition coefficient (Wildman–Crippen LogP) is 0.990. The molecule has 1 heterocycles. The van der Waals surface area contributed by atoms with Gasteiger partial charge >= 0.3 is 0 Å². The van der Waals surface area contributed by atoms with Crippen LogP contribution in [-0.4, -0.2) is 32.3 Å². The Morgan fingerprint density at radius 1 is 1.58 bits per heavy atom.